The summed E-state index contributed by atoms with van der Waals surface area (Å²) in [4.78, 5) is 26.2. The van der Waals surface area contributed by atoms with E-state index in [4.69, 9.17) is 4.74 Å². The minimum Gasteiger partial charge on any atom is -0.399 e. The van der Waals surface area contributed by atoms with E-state index in [9.17, 15) is 28.1 Å². The van der Waals surface area contributed by atoms with Gasteiger partial charge in [0.05, 0.1) is 10.6 Å². The fourth-order valence-corrected chi connectivity index (χ4v) is 4.64. The number of esters is 1. The number of alkyl halides is 3. The maximum Gasteiger partial charge on any atom is 0.491 e. The molecule has 9 nitrogen and oxygen atoms in total. The highest BCUT2D eigenvalue weighted by Gasteiger charge is 2.61. The molecule has 4 rings (SSSR count). The number of nitrogens with one attached hydrogen (secondary N) is 2. The van der Waals surface area contributed by atoms with Gasteiger partial charge in [0.25, 0.3) is 0 Å². The maximum atomic E-state index is 13.2. The van der Waals surface area contributed by atoms with Crippen molar-refractivity contribution in [1.29, 1.82) is 0 Å². The number of halogens is 5. The average Bonchev–Trinajstić information content (AvgIpc) is 3.45. The van der Waals surface area contributed by atoms with Gasteiger partial charge in [0.15, 0.2) is 0 Å². The molecule has 1 saturated heterocycles. The molecule has 1 unspecified atom stereocenters. The first-order valence-corrected chi connectivity index (χ1v) is 10.6. The number of rotatable bonds is 4. The van der Waals surface area contributed by atoms with Crippen LogP contribution in [-0.2, 0) is 9.53 Å². The molecule has 2 fully saturated rings. The number of fused-ring (bicyclic) bond motifs is 1. The molecule has 3 aliphatic rings. The molecule has 14 heteroatoms. The van der Waals surface area contributed by atoms with E-state index in [1.165, 1.54) is 4.90 Å². The summed E-state index contributed by atoms with van der Waals surface area (Å²) in [5.74, 6) is -4.39. The van der Waals surface area contributed by atoms with Crippen LogP contribution in [0.15, 0.2) is 15.0 Å². The molecule has 1 aromatic carbocycles. The van der Waals surface area contributed by atoms with Crippen LogP contribution in [0, 0.1) is 10.1 Å². The van der Waals surface area contributed by atoms with Crippen LogP contribution in [0.4, 0.5) is 30.2 Å². The van der Waals surface area contributed by atoms with Crippen molar-refractivity contribution >= 4 is 54.9 Å². The lowest BCUT2D eigenvalue weighted by Gasteiger charge is -2.47. The first-order valence-electron chi connectivity index (χ1n) is 9.06. The van der Waals surface area contributed by atoms with Crippen LogP contribution in [0.3, 0.4) is 0 Å². The van der Waals surface area contributed by atoms with Gasteiger partial charge in [0.1, 0.15) is 10.2 Å². The van der Waals surface area contributed by atoms with E-state index < -0.39 is 23.0 Å². The molecule has 0 radical (unpaired) electrons. The van der Waals surface area contributed by atoms with Crippen molar-refractivity contribution < 1.29 is 27.6 Å². The zero-order chi connectivity index (χ0) is 21.8. The summed E-state index contributed by atoms with van der Waals surface area (Å²) in [7, 11) is 0. The molecular formula is C16H16Br2F3N5O4. The Bertz CT molecular complexity index is 908. The van der Waals surface area contributed by atoms with Gasteiger partial charge in [-0.1, -0.05) is 0 Å². The fraction of sp³-hybridized carbons (Fsp3) is 0.562. The lowest BCUT2D eigenvalue weighted by molar-refractivity contribution is -0.384. The second-order valence-corrected chi connectivity index (χ2v) is 8.78. The minimum absolute atomic E-state index is 0.00418. The van der Waals surface area contributed by atoms with Crippen LogP contribution in [0.2, 0.25) is 0 Å². The molecule has 1 atom stereocenters. The van der Waals surface area contributed by atoms with Crippen LogP contribution < -0.4 is 15.5 Å². The van der Waals surface area contributed by atoms with Gasteiger partial charge in [-0.3, -0.25) is 15.0 Å². The molecule has 0 bridgehead atoms. The molecule has 2 N–H and O–H groups in total. The number of carbonyl (C=O) groups excluding carboxylic acids is 1. The zero-order valence-electron chi connectivity index (χ0n) is 15.3. The van der Waals surface area contributed by atoms with Crippen molar-refractivity contribution in [3.63, 3.8) is 0 Å². The standard InChI is InChI=1S/C16H16Br2F3N5O4/c17-9-7-10-12(13(11(9)18)26(28)29)23-16(25(10)8-1-2-8,24-5-3-22-4-6-24)30-14(27)15(19,20)21/h7-8,22-23H,1-6H2. The third kappa shape index (κ3) is 3.52. The number of nitro groups is 1. The largest absolute Gasteiger partial charge is 0.491 e. The second kappa shape index (κ2) is 7.50. The third-order valence-corrected chi connectivity index (χ3v) is 7.11. The summed E-state index contributed by atoms with van der Waals surface area (Å²) in [5.41, 5.74) is -0.0617. The predicted molar refractivity (Wildman–Crippen MR) is 107 cm³/mol. The normalized spacial score (nSPS) is 24.4. The fourth-order valence-electron chi connectivity index (χ4n) is 3.77. The number of hydrogen-bond acceptors (Lipinski definition) is 8. The van der Waals surface area contributed by atoms with Crippen LogP contribution >= 0.6 is 31.9 Å². The number of nitrogens with zero attached hydrogens (tertiary/aromatic N) is 3. The zero-order valence-corrected chi connectivity index (χ0v) is 18.4. The molecule has 2 aliphatic heterocycles. The highest BCUT2D eigenvalue weighted by Crippen LogP contribution is 2.55. The van der Waals surface area contributed by atoms with Gasteiger partial charge < -0.3 is 15.4 Å². The Morgan fingerprint density at radius 2 is 1.93 bits per heavy atom. The number of piperazine rings is 1. The number of carbonyl (C=O) groups is 1. The number of anilines is 2. The number of benzene rings is 1. The topological polar surface area (TPSA) is 100.0 Å². The predicted octanol–water partition coefficient (Wildman–Crippen LogP) is 3.14. The third-order valence-electron chi connectivity index (χ3n) is 5.15. The molecule has 0 aromatic heterocycles. The Morgan fingerprint density at radius 3 is 2.47 bits per heavy atom. The lowest BCUT2D eigenvalue weighted by atomic mass is 10.2. The van der Waals surface area contributed by atoms with Gasteiger partial charge in [-0.15, -0.1) is 0 Å². The Hall–Kier alpha value is -1.64. The van der Waals surface area contributed by atoms with Gasteiger partial charge in [0.2, 0.25) is 0 Å². The molecule has 164 valence electrons. The summed E-state index contributed by atoms with van der Waals surface area (Å²) >= 11 is 6.43. The van der Waals surface area contributed by atoms with Gasteiger partial charge in [0, 0.05) is 36.7 Å². The molecule has 30 heavy (non-hydrogen) atoms. The summed E-state index contributed by atoms with van der Waals surface area (Å²) in [6.45, 7) is 1.45. The summed E-state index contributed by atoms with van der Waals surface area (Å²) in [6.07, 6.45) is -3.92. The molecule has 0 spiro atoms. The Kier molecular flexibility index (Phi) is 5.39. The quantitative estimate of drug-likeness (QED) is 0.330. The van der Waals surface area contributed by atoms with Crippen LogP contribution in [-0.4, -0.2) is 60.2 Å². The van der Waals surface area contributed by atoms with E-state index in [1.54, 1.807) is 11.0 Å². The van der Waals surface area contributed by atoms with Crippen LogP contribution in [0.5, 0.6) is 0 Å². The van der Waals surface area contributed by atoms with E-state index in [0.29, 0.717) is 36.1 Å². The van der Waals surface area contributed by atoms with E-state index in [-0.39, 0.29) is 35.0 Å². The smallest absolute Gasteiger partial charge is 0.399 e. The number of nitro benzene ring substituents is 1. The van der Waals surface area contributed by atoms with Crippen molar-refractivity contribution in [2.24, 2.45) is 0 Å². The number of ether oxygens (including phenoxy) is 1. The lowest BCUT2D eigenvalue weighted by Crippen LogP contribution is -2.69. The van der Waals surface area contributed by atoms with Crippen molar-refractivity contribution in [1.82, 2.24) is 10.2 Å². The van der Waals surface area contributed by atoms with Crippen molar-refractivity contribution in [2.45, 2.75) is 31.0 Å². The van der Waals surface area contributed by atoms with Gasteiger partial charge in [-0.25, -0.2) is 9.69 Å². The van der Waals surface area contributed by atoms with Gasteiger partial charge in [-0.05, 0) is 50.8 Å². The number of hydrogen-bond donors (Lipinski definition) is 2. The summed E-state index contributed by atoms with van der Waals surface area (Å²) in [6, 6.07) is 1.34. The molecule has 1 aliphatic carbocycles. The van der Waals surface area contributed by atoms with Gasteiger partial charge in [-0.2, -0.15) is 13.2 Å². The maximum absolute atomic E-state index is 13.2. The van der Waals surface area contributed by atoms with E-state index in [2.05, 4.69) is 42.5 Å². The molecule has 1 aromatic rings. The first kappa shape index (κ1) is 21.6. The van der Waals surface area contributed by atoms with Crippen molar-refractivity contribution in [3.8, 4) is 0 Å². The highest BCUT2D eigenvalue weighted by molar-refractivity contribution is 9.13. The van der Waals surface area contributed by atoms with Crippen molar-refractivity contribution in [3.05, 3.63) is 25.1 Å². The molecular weight excluding hydrogens is 543 g/mol. The Morgan fingerprint density at radius 1 is 1.30 bits per heavy atom. The SMILES string of the molecule is O=C(OC1(N2CCNCC2)Nc2c(cc(Br)c(Br)c2[N+](=O)[O-])N1C1CC1)C(F)(F)F. The first-order chi connectivity index (χ1) is 14.1. The highest BCUT2D eigenvalue weighted by atomic mass is 79.9. The molecule has 1 saturated carbocycles. The minimum atomic E-state index is -5.22. The average molecular weight is 559 g/mol. The van der Waals surface area contributed by atoms with Crippen molar-refractivity contribution in [2.75, 3.05) is 36.4 Å². The van der Waals surface area contributed by atoms with Crippen LogP contribution in [0.25, 0.3) is 0 Å². The van der Waals surface area contributed by atoms with Crippen LogP contribution in [0.1, 0.15) is 12.8 Å². The summed E-state index contributed by atoms with van der Waals surface area (Å²) in [5, 5.41) is 17.7. The second-order valence-electron chi connectivity index (χ2n) is 7.13. The Labute approximate surface area is 185 Å². The van der Waals surface area contributed by atoms with E-state index >= 15 is 0 Å². The van der Waals surface area contributed by atoms with Gasteiger partial charge >= 0.3 is 23.8 Å². The summed E-state index contributed by atoms with van der Waals surface area (Å²) < 4.78 is 45.1. The molecule has 0 amide bonds. The van der Waals surface area contributed by atoms with E-state index in [1.807, 2.05) is 0 Å². The molecule has 2 heterocycles. The van der Waals surface area contributed by atoms with E-state index in [0.717, 1.165) is 0 Å². The monoisotopic (exact) mass is 557 g/mol. The Balaban J connectivity index is 1.89.